The third kappa shape index (κ3) is 7.02. The van der Waals surface area contributed by atoms with Crippen LogP contribution in [0.4, 0.5) is 0 Å². The van der Waals surface area contributed by atoms with E-state index in [-0.39, 0.29) is 0 Å². The van der Waals surface area contributed by atoms with Gasteiger partial charge in [-0.1, -0.05) is 132 Å². The van der Waals surface area contributed by atoms with Gasteiger partial charge in [0.05, 0.1) is 22.4 Å². The molecule has 0 atom stereocenters. The van der Waals surface area contributed by atoms with Crippen LogP contribution in [0.25, 0.3) is 101 Å². The Bertz CT molecular complexity index is 2930. The lowest BCUT2D eigenvalue weighted by Gasteiger charge is -2.13. The van der Waals surface area contributed by atoms with Crippen LogP contribution >= 0.6 is 0 Å². The van der Waals surface area contributed by atoms with E-state index in [1.807, 2.05) is 12.1 Å². The van der Waals surface area contributed by atoms with Crippen molar-refractivity contribution in [3.05, 3.63) is 199 Å². The third-order valence-electron chi connectivity index (χ3n) is 10.6. The summed E-state index contributed by atoms with van der Waals surface area (Å²) in [5, 5.41) is 2.21. The van der Waals surface area contributed by atoms with Crippen LogP contribution < -0.4 is 0 Å². The zero-order valence-electron chi connectivity index (χ0n) is 32.1. The van der Waals surface area contributed by atoms with Crippen LogP contribution in [0, 0.1) is 13.8 Å². The molecule has 0 spiro atoms. The number of rotatable bonds is 7. The fraction of sp³-hybridized carbons (Fsp3) is 0.0377. The quantitative estimate of drug-likeness (QED) is 0.163. The molecule has 0 unspecified atom stereocenters. The highest BCUT2D eigenvalue weighted by atomic mass is 15.0. The van der Waals surface area contributed by atoms with Crippen molar-refractivity contribution in [3.63, 3.8) is 0 Å². The number of pyridine rings is 2. The predicted octanol–water partition coefficient (Wildman–Crippen LogP) is 13.3. The summed E-state index contributed by atoms with van der Waals surface area (Å²) in [6.07, 6.45) is 0. The molecule has 3 aromatic heterocycles. The first-order chi connectivity index (χ1) is 28.5. The summed E-state index contributed by atoms with van der Waals surface area (Å²) in [6.45, 7) is 4.21. The molecule has 10 rings (SSSR count). The topological polar surface area (TPSA) is 64.5 Å². The van der Waals surface area contributed by atoms with Gasteiger partial charge >= 0.3 is 0 Å². The summed E-state index contributed by atoms with van der Waals surface area (Å²) in [5.74, 6) is 1.74. The lowest BCUT2D eigenvalue weighted by Crippen LogP contribution is -2.01. The summed E-state index contributed by atoms with van der Waals surface area (Å²) < 4.78 is 0. The molecule has 7 aromatic carbocycles. The Labute approximate surface area is 337 Å². The van der Waals surface area contributed by atoms with E-state index in [1.54, 1.807) is 0 Å². The molecule has 5 nitrogen and oxygen atoms in total. The SMILES string of the molecule is Cc1ccc2nc(-c3cc(-c4ccc5cc(C)ccc5n4)cc(-c4nc(-c5cccc(-c6ccccc6)c5)nc(-c5cccc(-c6ccccc6)c5)n4)c3)ccc2c1. The lowest BCUT2D eigenvalue weighted by atomic mass is 9.99. The normalized spacial score (nSPS) is 11.3. The maximum absolute atomic E-state index is 5.24. The highest BCUT2D eigenvalue weighted by Gasteiger charge is 2.17. The first-order valence-corrected chi connectivity index (χ1v) is 19.5. The number of hydrogen-bond acceptors (Lipinski definition) is 5. The minimum Gasteiger partial charge on any atom is -0.248 e. The second kappa shape index (κ2) is 14.8. The minimum atomic E-state index is 0.561. The number of hydrogen-bond donors (Lipinski definition) is 0. The van der Waals surface area contributed by atoms with E-state index in [0.717, 1.165) is 83.3 Å². The molecule has 0 aliphatic rings. The Balaban J connectivity index is 1.18. The van der Waals surface area contributed by atoms with Gasteiger partial charge in [-0.25, -0.2) is 24.9 Å². The van der Waals surface area contributed by atoms with Crippen LogP contribution in [-0.4, -0.2) is 24.9 Å². The van der Waals surface area contributed by atoms with Gasteiger partial charge in [-0.3, -0.25) is 0 Å². The maximum atomic E-state index is 5.24. The highest BCUT2D eigenvalue weighted by molar-refractivity contribution is 5.87. The summed E-state index contributed by atoms with van der Waals surface area (Å²) in [7, 11) is 0. The van der Waals surface area contributed by atoms with Gasteiger partial charge in [0, 0.05) is 38.6 Å². The van der Waals surface area contributed by atoms with Crippen LogP contribution in [0.3, 0.4) is 0 Å². The Kier molecular flexibility index (Phi) is 8.88. The molecule has 0 aliphatic heterocycles. The van der Waals surface area contributed by atoms with E-state index in [1.165, 1.54) is 11.1 Å². The standard InChI is InChI=1S/C53H37N5/c1-34-19-23-47-40(27-34)21-25-49(54-47)44-31-45(50-26-22-41-28-35(2)20-24-48(41)55-50)33-46(32-44)53-57-51(42-17-9-15-38(29-42)36-11-5-3-6-12-36)56-52(58-53)43-18-10-16-39(30-43)37-13-7-4-8-14-37/h3-33H,1-2H3. The number of fused-ring (bicyclic) bond motifs is 2. The van der Waals surface area contributed by atoms with Crippen LogP contribution in [0.5, 0.6) is 0 Å². The van der Waals surface area contributed by atoms with Crippen LogP contribution in [0.2, 0.25) is 0 Å². The Hall–Kier alpha value is -7.63. The Morgan fingerprint density at radius 1 is 0.259 bits per heavy atom. The van der Waals surface area contributed by atoms with E-state index in [2.05, 4.69) is 190 Å². The maximum Gasteiger partial charge on any atom is 0.164 e. The van der Waals surface area contributed by atoms with Gasteiger partial charge in [0.25, 0.3) is 0 Å². The average Bonchev–Trinajstić information content (AvgIpc) is 3.29. The van der Waals surface area contributed by atoms with Crippen LogP contribution in [0.1, 0.15) is 11.1 Å². The molecule has 0 bridgehead atoms. The first-order valence-electron chi connectivity index (χ1n) is 19.5. The molecule has 0 aliphatic carbocycles. The molecule has 274 valence electrons. The van der Waals surface area contributed by atoms with Crippen LogP contribution in [0.15, 0.2) is 188 Å². The van der Waals surface area contributed by atoms with Crippen molar-refractivity contribution in [2.24, 2.45) is 0 Å². The van der Waals surface area contributed by atoms with Gasteiger partial charge in [0.1, 0.15) is 0 Å². The van der Waals surface area contributed by atoms with Gasteiger partial charge in [-0.15, -0.1) is 0 Å². The first kappa shape index (κ1) is 34.8. The van der Waals surface area contributed by atoms with Crippen molar-refractivity contribution in [2.75, 3.05) is 0 Å². The average molecular weight is 744 g/mol. The van der Waals surface area contributed by atoms with Gasteiger partial charge in [-0.2, -0.15) is 0 Å². The summed E-state index contributed by atoms with van der Waals surface area (Å²) in [5.41, 5.74) is 15.0. The number of benzene rings is 7. The molecular weight excluding hydrogens is 707 g/mol. The molecule has 0 amide bonds. The van der Waals surface area contributed by atoms with Gasteiger partial charge in [-0.05, 0) is 103 Å². The lowest BCUT2D eigenvalue weighted by molar-refractivity contribution is 1.07. The van der Waals surface area contributed by atoms with Crippen molar-refractivity contribution in [1.82, 2.24) is 24.9 Å². The molecule has 0 N–H and O–H groups in total. The summed E-state index contributed by atoms with van der Waals surface area (Å²) >= 11 is 0. The fourth-order valence-electron chi connectivity index (χ4n) is 7.56. The molecule has 3 heterocycles. The molecular formula is C53H37N5. The van der Waals surface area contributed by atoms with Crippen molar-refractivity contribution in [3.8, 4) is 78.9 Å². The largest absolute Gasteiger partial charge is 0.248 e. The Morgan fingerprint density at radius 3 is 1.10 bits per heavy atom. The molecule has 0 saturated carbocycles. The van der Waals surface area contributed by atoms with Gasteiger partial charge < -0.3 is 0 Å². The van der Waals surface area contributed by atoms with E-state index in [9.17, 15) is 0 Å². The van der Waals surface area contributed by atoms with Crippen molar-refractivity contribution < 1.29 is 0 Å². The Morgan fingerprint density at radius 2 is 0.638 bits per heavy atom. The van der Waals surface area contributed by atoms with Crippen molar-refractivity contribution >= 4 is 21.8 Å². The molecule has 5 heteroatoms. The van der Waals surface area contributed by atoms with E-state index in [0.29, 0.717) is 17.5 Å². The molecule has 0 fully saturated rings. The molecule has 0 radical (unpaired) electrons. The van der Waals surface area contributed by atoms with Crippen LogP contribution in [-0.2, 0) is 0 Å². The number of aryl methyl sites for hydroxylation is 2. The third-order valence-corrected chi connectivity index (χ3v) is 10.6. The van der Waals surface area contributed by atoms with E-state index < -0.39 is 0 Å². The van der Waals surface area contributed by atoms with Crippen molar-refractivity contribution in [2.45, 2.75) is 13.8 Å². The zero-order chi connectivity index (χ0) is 39.0. The molecule has 0 saturated heterocycles. The second-order valence-corrected chi connectivity index (χ2v) is 14.8. The second-order valence-electron chi connectivity index (χ2n) is 14.8. The zero-order valence-corrected chi connectivity index (χ0v) is 32.1. The van der Waals surface area contributed by atoms with E-state index >= 15 is 0 Å². The molecule has 58 heavy (non-hydrogen) atoms. The number of nitrogens with zero attached hydrogens (tertiary/aromatic N) is 5. The highest BCUT2D eigenvalue weighted by Crippen LogP contribution is 2.35. The van der Waals surface area contributed by atoms with E-state index in [4.69, 9.17) is 24.9 Å². The van der Waals surface area contributed by atoms with Gasteiger partial charge in [0.15, 0.2) is 17.5 Å². The fourth-order valence-corrected chi connectivity index (χ4v) is 7.56. The van der Waals surface area contributed by atoms with Gasteiger partial charge in [0.2, 0.25) is 0 Å². The summed E-state index contributed by atoms with van der Waals surface area (Å²) in [4.78, 5) is 25.9. The monoisotopic (exact) mass is 743 g/mol. The number of aromatic nitrogens is 5. The minimum absolute atomic E-state index is 0.561. The van der Waals surface area contributed by atoms with Crippen molar-refractivity contribution in [1.29, 1.82) is 0 Å². The smallest absolute Gasteiger partial charge is 0.164 e. The molecule has 10 aromatic rings. The predicted molar refractivity (Wildman–Crippen MR) is 238 cm³/mol. The summed E-state index contributed by atoms with van der Waals surface area (Å²) in [6, 6.07) is 65.2.